The zero-order chi connectivity index (χ0) is 10.6. The lowest BCUT2D eigenvalue weighted by molar-refractivity contribution is -0.132. The summed E-state index contributed by atoms with van der Waals surface area (Å²) in [5.41, 5.74) is 6.12. The molecule has 0 radical (unpaired) electrons. The topological polar surface area (TPSA) is 69.4 Å². The van der Waals surface area contributed by atoms with Gasteiger partial charge >= 0.3 is 11.9 Å². The Labute approximate surface area is 81.0 Å². The van der Waals surface area contributed by atoms with Gasteiger partial charge in [-0.2, -0.15) is 0 Å². The van der Waals surface area contributed by atoms with Crippen LogP contribution in [0.3, 0.4) is 0 Å². The summed E-state index contributed by atoms with van der Waals surface area (Å²) in [6, 6.07) is 6.17. The van der Waals surface area contributed by atoms with Gasteiger partial charge in [0, 0.05) is 11.8 Å². The molecule has 72 valence electrons. The van der Waals surface area contributed by atoms with Crippen LogP contribution in [0.15, 0.2) is 36.9 Å². The number of hydrogen-bond acceptors (Lipinski definition) is 4. The number of carbonyl (C=O) groups is 2. The van der Waals surface area contributed by atoms with E-state index in [4.69, 9.17) is 5.73 Å². The number of esters is 2. The van der Waals surface area contributed by atoms with Crippen molar-refractivity contribution in [2.24, 2.45) is 0 Å². The van der Waals surface area contributed by atoms with E-state index in [-0.39, 0.29) is 5.56 Å². The van der Waals surface area contributed by atoms with Crippen molar-refractivity contribution in [1.82, 2.24) is 0 Å². The third-order valence-corrected chi connectivity index (χ3v) is 1.48. The molecule has 1 aromatic rings. The van der Waals surface area contributed by atoms with Crippen LogP contribution < -0.4 is 5.73 Å². The zero-order valence-electron chi connectivity index (χ0n) is 7.40. The molecular formula is C10H9NO3. The first-order valence-electron chi connectivity index (χ1n) is 3.87. The highest BCUT2D eigenvalue weighted by Gasteiger charge is 2.09. The predicted octanol–water partition coefficient (Wildman–Crippen LogP) is 1.14. The van der Waals surface area contributed by atoms with Gasteiger partial charge in [-0.1, -0.05) is 12.6 Å². The highest BCUT2D eigenvalue weighted by Crippen LogP contribution is 2.07. The van der Waals surface area contributed by atoms with E-state index in [9.17, 15) is 9.59 Å². The number of nitrogens with two attached hydrogens (primary N) is 1. The molecule has 0 spiro atoms. The Hall–Kier alpha value is -2.10. The van der Waals surface area contributed by atoms with Crippen molar-refractivity contribution in [1.29, 1.82) is 0 Å². The quantitative estimate of drug-likeness (QED) is 0.329. The molecule has 0 aliphatic rings. The Morgan fingerprint density at radius 2 is 2.14 bits per heavy atom. The van der Waals surface area contributed by atoms with E-state index in [1.165, 1.54) is 12.1 Å². The maximum Gasteiger partial charge on any atom is 0.346 e. The Morgan fingerprint density at radius 3 is 2.71 bits per heavy atom. The van der Waals surface area contributed by atoms with Crippen LogP contribution in [0.2, 0.25) is 0 Å². The van der Waals surface area contributed by atoms with Gasteiger partial charge in [-0.15, -0.1) is 0 Å². The van der Waals surface area contributed by atoms with Crippen LogP contribution >= 0.6 is 0 Å². The van der Waals surface area contributed by atoms with E-state index in [1.54, 1.807) is 12.1 Å². The smallest absolute Gasteiger partial charge is 0.346 e. The largest absolute Gasteiger partial charge is 0.399 e. The molecule has 0 aliphatic heterocycles. The molecule has 0 aliphatic carbocycles. The van der Waals surface area contributed by atoms with Gasteiger partial charge < -0.3 is 10.5 Å². The fraction of sp³-hybridized carbons (Fsp3) is 0. The average molecular weight is 191 g/mol. The first-order chi connectivity index (χ1) is 6.63. The van der Waals surface area contributed by atoms with Crippen molar-refractivity contribution in [3.8, 4) is 0 Å². The van der Waals surface area contributed by atoms with Crippen molar-refractivity contribution in [3.05, 3.63) is 42.5 Å². The summed E-state index contributed by atoms with van der Waals surface area (Å²) in [4.78, 5) is 21.9. The molecule has 0 saturated carbocycles. The molecule has 0 amide bonds. The fourth-order valence-electron chi connectivity index (χ4n) is 0.858. The molecule has 4 nitrogen and oxygen atoms in total. The molecule has 1 aromatic carbocycles. The van der Waals surface area contributed by atoms with Crippen molar-refractivity contribution in [3.63, 3.8) is 0 Å². The normalized spacial score (nSPS) is 9.14. The highest BCUT2D eigenvalue weighted by molar-refractivity contribution is 6.00. The molecule has 4 heteroatoms. The summed E-state index contributed by atoms with van der Waals surface area (Å²) in [6.07, 6.45) is 0.921. The minimum Gasteiger partial charge on any atom is -0.399 e. The number of carbonyl (C=O) groups excluding carboxylic acids is 2. The minimum atomic E-state index is -0.780. The Bertz CT molecular complexity index is 385. The number of ether oxygens (including phenoxy) is 1. The van der Waals surface area contributed by atoms with E-state index in [1.807, 2.05) is 0 Å². The van der Waals surface area contributed by atoms with Gasteiger partial charge in [0.15, 0.2) is 0 Å². The van der Waals surface area contributed by atoms with E-state index in [0.717, 1.165) is 6.08 Å². The number of rotatable bonds is 2. The van der Waals surface area contributed by atoms with Gasteiger partial charge in [-0.3, -0.25) is 0 Å². The molecule has 0 heterocycles. The number of hydrogen-bond donors (Lipinski definition) is 1. The van der Waals surface area contributed by atoms with Gasteiger partial charge in [-0.05, 0) is 18.2 Å². The van der Waals surface area contributed by atoms with E-state index in [2.05, 4.69) is 11.3 Å². The third kappa shape index (κ3) is 2.45. The van der Waals surface area contributed by atoms with E-state index < -0.39 is 11.9 Å². The van der Waals surface area contributed by atoms with Gasteiger partial charge in [0.2, 0.25) is 0 Å². The molecule has 0 saturated heterocycles. The second kappa shape index (κ2) is 4.23. The SMILES string of the molecule is C=CC(=O)OC(=O)c1cccc(N)c1. The maximum absolute atomic E-state index is 11.2. The van der Waals surface area contributed by atoms with Gasteiger partial charge in [0.1, 0.15) is 0 Å². The molecule has 0 fully saturated rings. The van der Waals surface area contributed by atoms with Crippen molar-refractivity contribution in [2.75, 3.05) is 5.73 Å². The summed E-state index contributed by atoms with van der Waals surface area (Å²) in [5, 5.41) is 0. The van der Waals surface area contributed by atoms with Gasteiger partial charge in [-0.25, -0.2) is 9.59 Å². The molecule has 0 unspecified atom stereocenters. The number of nitrogen functional groups attached to an aromatic ring is 1. The molecule has 0 bridgehead atoms. The third-order valence-electron chi connectivity index (χ3n) is 1.48. The monoisotopic (exact) mass is 191 g/mol. The minimum absolute atomic E-state index is 0.236. The van der Waals surface area contributed by atoms with Crippen molar-refractivity contribution >= 4 is 17.6 Å². The summed E-state index contributed by atoms with van der Waals surface area (Å²) in [5.74, 6) is -1.51. The first kappa shape index (κ1) is 9.98. The second-order valence-electron chi connectivity index (χ2n) is 2.54. The summed E-state index contributed by atoms with van der Waals surface area (Å²) >= 11 is 0. The van der Waals surface area contributed by atoms with Crippen molar-refractivity contribution in [2.45, 2.75) is 0 Å². The van der Waals surface area contributed by atoms with Crippen LogP contribution in [0.4, 0.5) is 5.69 Å². The molecule has 1 rings (SSSR count). The van der Waals surface area contributed by atoms with E-state index >= 15 is 0 Å². The lowest BCUT2D eigenvalue weighted by Gasteiger charge is -2.00. The van der Waals surface area contributed by atoms with Crippen LogP contribution in [0, 0.1) is 0 Å². The number of anilines is 1. The maximum atomic E-state index is 11.2. The summed E-state index contributed by atoms with van der Waals surface area (Å²) < 4.78 is 4.39. The lowest BCUT2D eigenvalue weighted by Crippen LogP contribution is -2.10. The highest BCUT2D eigenvalue weighted by atomic mass is 16.6. The van der Waals surface area contributed by atoms with Gasteiger partial charge in [0.05, 0.1) is 5.56 Å². The van der Waals surface area contributed by atoms with Crippen LogP contribution in [-0.4, -0.2) is 11.9 Å². The fourth-order valence-corrected chi connectivity index (χ4v) is 0.858. The Kier molecular flexibility index (Phi) is 3.01. The van der Waals surface area contributed by atoms with Gasteiger partial charge in [0.25, 0.3) is 0 Å². The van der Waals surface area contributed by atoms with Crippen LogP contribution in [-0.2, 0) is 9.53 Å². The average Bonchev–Trinajstić information content (AvgIpc) is 2.17. The van der Waals surface area contributed by atoms with Crippen LogP contribution in [0.1, 0.15) is 10.4 Å². The molecular weight excluding hydrogens is 182 g/mol. The Morgan fingerprint density at radius 1 is 1.43 bits per heavy atom. The zero-order valence-corrected chi connectivity index (χ0v) is 7.40. The first-order valence-corrected chi connectivity index (χ1v) is 3.87. The van der Waals surface area contributed by atoms with Crippen LogP contribution in [0.5, 0.6) is 0 Å². The lowest BCUT2D eigenvalue weighted by atomic mass is 10.2. The molecule has 2 N–H and O–H groups in total. The standard InChI is InChI=1S/C10H9NO3/c1-2-9(12)14-10(13)7-4-3-5-8(11)6-7/h2-6H,1,11H2. The summed E-state index contributed by atoms with van der Waals surface area (Å²) in [7, 11) is 0. The predicted molar refractivity (Wildman–Crippen MR) is 51.5 cm³/mol. The molecule has 0 atom stereocenters. The number of benzene rings is 1. The Balaban J connectivity index is 2.79. The summed E-state index contributed by atoms with van der Waals surface area (Å²) in [6.45, 7) is 3.17. The second-order valence-corrected chi connectivity index (χ2v) is 2.54. The van der Waals surface area contributed by atoms with E-state index in [0.29, 0.717) is 5.69 Å². The van der Waals surface area contributed by atoms with Crippen LogP contribution in [0.25, 0.3) is 0 Å². The molecule has 0 aromatic heterocycles. The molecule has 14 heavy (non-hydrogen) atoms. The van der Waals surface area contributed by atoms with Crippen molar-refractivity contribution < 1.29 is 14.3 Å².